The van der Waals surface area contributed by atoms with E-state index in [9.17, 15) is 0 Å². The van der Waals surface area contributed by atoms with Gasteiger partial charge in [-0.25, -0.2) is 15.0 Å². The van der Waals surface area contributed by atoms with Crippen LogP contribution in [0.3, 0.4) is 0 Å². The van der Waals surface area contributed by atoms with Crippen molar-refractivity contribution >= 4 is 0 Å². The van der Waals surface area contributed by atoms with Crippen molar-refractivity contribution in [1.29, 1.82) is 0 Å². The molecule has 1 aliphatic rings. The molecule has 2 aromatic carbocycles. The van der Waals surface area contributed by atoms with Crippen molar-refractivity contribution in [2.45, 2.75) is 6.42 Å². The second kappa shape index (κ2) is 4.42. The molecule has 0 atom stereocenters. The molecule has 0 aliphatic carbocycles. The zero-order valence-corrected chi connectivity index (χ0v) is 10.7. The Labute approximate surface area is 116 Å². The van der Waals surface area contributed by atoms with E-state index in [0.717, 1.165) is 29.0 Å². The van der Waals surface area contributed by atoms with Crippen LogP contribution in [0.5, 0.6) is 11.5 Å². The van der Waals surface area contributed by atoms with E-state index in [1.54, 1.807) is 0 Å². The minimum Gasteiger partial charge on any atom is -0.457 e. The fourth-order valence-electron chi connectivity index (χ4n) is 2.42. The van der Waals surface area contributed by atoms with Gasteiger partial charge in [-0.05, 0) is 29.8 Å². The number of fused-ring (bicyclic) bond motifs is 2. The van der Waals surface area contributed by atoms with Crippen LogP contribution < -0.4 is 4.74 Å². The van der Waals surface area contributed by atoms with Crippen LogP contribution in [0.25, 0.3) is 11.4 Å². The number of nitrogens with zero attached hydrogens (tertiary/aromatic N) is 3. The van der Waals surface area contributed by atoms with Crippen LogP contribution in [-0.4, -0.2) is 15.0 Å². The van der Waals surface area contributed by atoms with Gasteiger partial charge in [-0.2, -0.15) is 0 Å². The maximum Gasteiger partial charge on any atom is 0.162 e. The van der Waals surface area contributed by atoms with Crippen LogP contribution in [0, 0.1) is 0 Å². The predicted molar refractivity (Wildman–Crippen MR) is 74.6 cm³/mol. The van der Waals surface area contributed by atoms with E-state index in [4.69, 9.17) is 4.74 Å². The van der Waals surface area contributed by atoms with Gasteiger partial charge in [0.1, 0.15) is 24.2 Å². The summed E-state index contributed by atoms with van der Waals surface area (Å²) in [6, 6.07) is 14.1. The molecule has 1 aromatic heterocycles. The normalized spacial score (nSPS) is 12.2. The van der Waals surface area contributed by atoms with Gasteiger partial charge in [0.05, 0.1) is 0 Å². The van der Waals surface area contributed by atoms with E-state index >= 15 is 0 Å². The lowest BCUT2D eigenvalue weighted by Crippen LogP contribution is -2.03. The van der Waals surface area contributed by atoms with Gasteiger partial charge in [0.25, 0.3) is 0 Å². The number of benzene rings is 2. The highest BCUT2D eigenvalue weighted by Crippen LogP contribution is 2.37. The van der Waals surface area contributed by atoms with Crippen molar-refractivity contribution in [2.24, 2.45) is 0 Å². The first-order chi connectivity index (χ1) is 9.90. The SMILES string of the molecule is c1ccc2c(c1)Cc1cc(-c3ncncn3)ccc1O2. The average molecular weight is 261 g/mol. The van der Waals surface area contributed by atoms with Crippen molar-refractivity contribution in [3.8, 4) is 22.9 Å². The maximum absolute atomic E-state index is 5.92. The number of ether oxygens (including phenoxy) is 1. The molecule has 1 aliphatic heterocycles. The van der Waals surface area contributed by atoms with Gasteiger partial charge in [0, 0.05) is 17.5 Å². The molecule has 0 radical (unpaired) electrons. The molecular formula is C16H11N3O. The number of para-hydroxylation sites is 1. The van der Waals surface area contributed by atoms with Gasteiger partial charge in [-0.1, -0.05) is 18.2 Å². The molecule has 4 nitrogen and oxygen atoms in total. The highest BCUT2D eigenvalue weighted by atomic mass is 16.5. The molecular weight excluding hydrogens is 250 g/mol. The fraction of sp³-hybridized carbons (Fsp3) is 0.0625. The number of hydrogen-bond acceptors (Lipinski definition) is 4. The largest absolute Gasteiger partial charge is 0.457 e. The van der Waals surface area contributed by atoms with Crippen LogP contribution in [0.15, 0.2) is 55.1 Å². The Hall–Kier alpha value is -2.75. The van der Waals surface area contributed by atoms with Gasteiger partial charge < -0.3 is 4.74 Å². The summed E-state index contributed by atoms with van der Waals surface area (Å²) in [6.07, 6.45) is 3.88. The van der Waals surface area contributed by atoms with Crippen LogP contribution >= 0.6 is 0 Å². The number of rotatable bonds is 1. The summed E-state index contributed by atoms with van der Waals surface area (Å²) >= 11 is 0. The molecule has 2 heterocycles. The predicted octanol–water partition coefficient (Wildman–Crippen LogP) is 3.24. The van der Waals surface area contributed by atoms with E-state index in [1.165, 1.54) is 18.2 Å². The summed E-state index contributed by atoms with van der Waals surface area (Å²) in [5, 5.41) is 0. The van der Waals surface area contributed by atoms with Crippen molar-refractivity contribution < 1.29 is 4.74 Å². The third-order valence-corrected chi connectivity index (χ3v) is 3.39. The minimum atomic E-state index is 0.682. The smallest absolute Gasteiger partial charge is 0.162 e. The standard InChI is InChI=1S/C16H11N3O/c1-2-4-14-11(3-1)7-13-8-12(5-6-15(13)20-14)16-18-9-17-10-19-16/h1-6,8-10H,7H2. The Morgan fingerprint density at radius 3 is 2.55 bits per heavy atom. The lowest BCUT2D eigenvalue weighted by molar-refractivity contribution is 0.460. The number of hydrogen-bond donors (Lipinski definition) is 0. The van der Waals surface area contributed by atoms with Gasteiger partial charge in [0.2, 0.25) is 0 Å². The third kappa shape index (κ3) is 1.82. The summed E-state index contributed by atoms with van der Waals surface area (Å²) < 4.78 is 5.92. The lowest BCUT2D eigenvalue weighted by Gasteiger charge is -2.20. The molecule has 20 heavy (non-hydrogen) atoms. The van der Waals surface area contributed by atoms with Crippen LogP contribution in [-0.2, 0) is 6.42 Å². The molecule has 0 saturated carbocycles. The van der Waals surface area contributed by atoms with Crippen molar-refractivity contribution in [3.05, 3.63) is 66.2 Å². The Bertz CT molecular complexity index is 772. The highest BCUT2D eigenvalue weighted by Gasteiger charge is 2.17. The molecule has 0 unspecified atom stereocenters. The molecule has 0 saturated heterocycles. The molecule has 4 heteroatoms. The molecule has 3 aromatic rings. The first-order valence-electron chi connectivity index (χ1n) is 6.41. The molecule has 4 rings (SSSR count). The van der Waals surface area contributed by atoms with E-state index in [0.29, 0.717) is 5.82 Å². The Morgan fingerprint density at radius 1 is 0.850 bits per heavy atom. The zero-order valence-electron chi connectivity index (χ0n) is 10.7. The molecule has 0 amide bonds. The second-order valence-corrected chi connectivity index (χ2v) is 4.67. The molecule has 0 N–H and O–H groups in total. The molecule has 0 bridgehead atoms. The van der Waals surface area contributed by atoms with E-state index in [1.807, 2.05) is 30.3 Å². The fourth-order valence-corrected chi connectivity index (χ4v) is 2.42. The van der Waals surface area contributed by atoms with Gasteiger partial charge in [-0.3, -0.25) is 0 Å². The Kier molecular flexibility index (Phi) is 2.45. The lowest BCUT2D eigenvalue weighted by atomic mass is 9.98. The number of aromatic nitrogens is 3. The summed E-state index contributed by atoms with van der Waals surface area (Å²) in [7, 11) is 0. The summed E-state index contributed by atoms with van der Waals surface area (Å²) in [5.74, 6) is 2.52. The molecule has 0 fully saturated rings. The third-order valence-electron chi connectivity index (χ3n) is 3.39. The Morgan fingerprint density at radius 2 is 1.65 bits per heavy atom. The van der Waals surface area contributed by atoms with Crippen molar-refractivity contribution in [3.63, 3.8) is 0 Å². The van der Waals surface area contributed by atoms with Gasteiger partial charge >= 0.3 is 0 Å². The maximum atomic E-state index is 5.92. The zero-order chi connectivity index (χ0) is 13.4. The average Bonchev–Trinajstić information content (AvgIpc) is 2.53. The quantitative estimate of drug-likeness (QED) is 0.528. The summed E-state index contributed by atoms with van der Waals surface area (Å²) in [6.45, 7) is 0. The topological polar surface area (TPSA) is 47.9 Å². The van der Waals surface area contributed by atoms with E-state index in [2.05, 4.69) is 27.1 Å². The molecule has 96 valence electrons. The first kappa shape index (κ1) is 11.1. The monoisotopic (exact) mass is 261 g/mol. The van der Waals surface area contributed by atoms with Gasteiger partial charge in [-0.15, -0.1) is 0 Å². The van der Waals surface area contributed by atoms with Crippen LogP contribution in [0.4, 0.5) is 0 Å². The van der Waals surface area contributed by atoms with Crippen LogP contribution in [0.2, 0.25) is 0 Å². The van der Waals surface area contributed by atoms with Crippen LogP contribution in [0.1, 0.15) is 11.1 Å². The van der Waals surface area contributed by atoms with E-state index < -0.39 is 0 Å². The minimum absolute atomic E-state index is 0.682. The van der Waals surface area contributed by atoms with E-state index in [-0.39, 0.29) is 0 Å². The second-order valence-electron chi connectivity index (χ2n) is 4.67. The Balaban J connectivity index is 1.77. The van der Waals surface area contributed by atoms with Crippen molar-refractivity contribution in [1.82, 2.24) is 15.0 Å². The van der Waals surface area contributed by atoms with Gasteiger partial charge in [0.15, 0.2) is 5.82 Å². The van der Waals surface area contributed by atoms with Crippen molar-refractivity contribution in [2.75, 3.05) is 0 Å². The first-order valence-corrected chi connectivity index (χ1v) is 6.41. The molecule has 0 spiro atoms. The summed E-state index contributed by atoms with van der Waals surface area (Å²) in [5.41, 5.74) is 3.34. The summed E-state index contributed by atoms with van der Waals surface area (Å²) in [4.78, 5) is 12.2. The highest BCUT2D eigenvalue weighted by molar-refractivity contribution is 5.61.